The monoisotopic (exact) mass is 482 g/mol. The van der Waals surface area contributed by atoms with Gasteiger partial charge in [-0.25, -0.2) is 0 Å². The Morgan fingerprint density at radius 3 is 2.52 bits per heavy atom. The molecule has 6 heteroatoms. The van der Waals surface area contributed by atoms with Gasteiger partial charge in [0.2, 0.25) is 0 Å². The Kier molecular flexibility index (Phi) is 8.31. The molecule has 0 bridgehead atoms. The van der Waals surface area contributed by atoms with Crippen molar-refractivity contribution in [2.24, 2.45) is 4.99 Å². The fourth-order valence-electron chi connectivity index (χ4n) is 3.43. The molecule has 0 amide bonds. The number of guanidine groups is 1. The number of hydrogen-bond acceptors (Lipinski definition) is 3. The maximum atomic E-state index is 5.47. The van der Waals surface area contributed by atoms with Crippen LogP contribution in [0, 0.1) is 0 Å². The van der Waals surface area contributed by atoms with Crippen LogP contribution < -0.4 is 10.6 Å². The average Bonchev–Trinajstić information content (AvgIpc) is 2.69. The van der Waals surface area contributed by atoms with Crippen molar-refractivity contribution in [1.29, 1.82) is 0 Å². The molecule has 0 aliphatic carbocycles. The molecule has 1 aliphatic heterocycles. The van der Waals surface area contributed by atoms with Gasteiger partial charge in [0.05, 0.1) is 13.2 Å². The number of morpholine rings is 1. The fourth-order valence-corrected chi connectivity index (χ4v) is 3.43. The molecule has 0 spiro atoms. The van der Waals surface area contributed by atoms with E-state index in [1.807, 2.05) is 7.05 Å². The van der Waals surface area contributed by atoms with Gasteiger partial charge >= 0.3 is 0 Å². The lowest BCUT2D eigenvalue weighted by atomic mass is 10.0. The van der Waals surface area contributed by atoms with Crippen LogP contribution in [-0.2, 0) is 11.3 Å². The second-order valence-corrected chi connectivity index (χ2v) is 7.33. The second-order valence-electron chi connectivity index (χ2n) is 7.33. The molecule has 0 atom stereocenters. The van der Waals surface area contributed by atoms with E-state index >= 15 is 0 Å². The molecule has 1 aliphatic rings. The first-order valence-electron chi connectivity index (χ1n) is 9.34. The first-order chi connectivity index (χ1) is 12.6. The van der Waals surface area contributed by atoms with Crippen molar-refractivity contribution in [1.82, 2.24) is 15.5 Å². The van der Waals surface area contributed by atoms with E-state index in [1.165, 1.54) is 16.3 Å². The second kappa shape index (κ2) is 10.2. The molecule has 148 valence electrons. The van der Waals surface area contributed by atoms with E-state index in [-0.39, 0.29) is 29.5 Å². The van der Waals surface area contributed by atoms with Crippen LogP contribution in [0.25, 0.3) is 10.8 Å². The van der Waals surface area contributed by atoms with Gasteiger partial charge in [0.1, 0.15) is 0 Å². The van der Waals surface area contributed by atoms with Crippen molar-refractivity contribution >= 4 is 40.7 Å². The first-order valence-corrected chi connectivity index (χ1v) is 9.34. The van der Waals surface area contributed by atoms with Gasteiger partial charge < -0.3 is 15.4 Å². The molecule has 0 saturated carbocycles. The molecule has 1 heterocycles. The summed E-state index contributed by atoms with van der Waals surface area (Å²) in [6, 6.07) is 14.9. The van der Waals surface area contributed by atoms with Crippen LogP contribution in [0.2, 0.25) is 0 Å². The largest absolute Gasteiger partial charge is 0.379 e. The lowest BCUT2D eigenvalue weighted by Crippen LogP contribution is -2.56. The summed E-state index contributed by atoms with van der Waals surface area (Å²) in [5.41, 5.74) is 1.33. The maximum absolute atomic E-state index is 5.47. The Morgan fingerprint density at radius 1 is 1.07 bits per heavy atom. The van der Waals surface area contributed by atoms with Crippen LogP contribution in [0.3, 0.4) is 0 Å². The molecular formula is C21H31IN4O. The maximum Gasteiger partial charge on any atom is 0.191 e. The molecular weight excluding hydrogens is 451 g/mol. The van der Waals surface area contributed by atoms with E-state index in [9.17, 15) is 0 Å². The third-order valence-corrected chi connectivity index (χ3v) is 5.11. The minimum Gasteiger partial charge on any atom is -0.379 e. The summed E-state index contributed by atoms with van der Waals surface area (Å²) in [5, 5.41) is 9.48. The third kappa shape index (κ3) is 5.80. The van der Waals surface area contributed by atoms with Crippen molar-refractivity contribution in [2.45, 2.75) is 25.9 Å². The number of halogens is 1. The highest BCUT2D eigenvalue weighted by molar-refractivity contribution is 14.0. The molecule has 1 fully saturated rings. The molecule has 2 aromatic carbocycles. The smallest absolute Gasteiger partial charge is 0.191 e. The Balaban J connectivity index is 0.00000261. The molecule has 2 N–H and O–H groups in total. The third-order valence-electron chi connectivity index (χ3n) is 5.11. The molecule has 5 nitrogen and oxygen atoms in total. The zero-order chi connectivity index (χ0) is 18.4. The van der Waals surface area contributed by atoms with Gasteiger partial charge in [0, 0.05) is 38.8 Å². The number of rotatable bonds is 5. The van der Waals surface area contributed by atoms with Crippen LogP contribution >= 0.6 is 24.0 Å². The van der Waals surface area contributed by atoms with Crippen molar-refractivity contribution in [3.05, 3.63) is 48.0 Å². The topological polar surface area (TPSA) is 48.9 Å². The average molecular weight is 482 g/mol. The van der Waals surface area contributed by atoms with E-state index in [0.29, 0.717) is 0 Å². The summed E-state index contributed by atoms with van der Waals surface area (Å²) in [6.45, 7) is 9.72. The summed E-state index contributed by atoms with van der Waals surface area (Å²) < 4.78 is 5.47. The number of nitrogens with zero attached hydrogens (tertiary/aromatic N) is 2. The highest BCUT2D eigenvalue weighted by Crippen LogP contribution is 2.18. The van der Waals surface area contributed by atoms with Gasteiger partial charge in [-0.05, 0) is 30.2 Å². The van der Waals surface area contributed by atoms with Gasteiger partial charge in [-0.3, -0.25) is 9.89 Å². The first kappa shape index (κ1) is 21.9. The highest BCUT2D eigenvalue weighted by atomic mass is 127. The van der Waals surface area contributed by atoms with E-state index in [0.717, 1.165) is 45.4 Å². The van der Waals surface area contributed by atoms with E-state index in [2.05, 4.69) is 76.8 Å². The molecule has 1 saturated heterocycles. The highest BCUT2D eigenvalue weighted by Gasteiger charge is 2.28. The Bertz CT molecular complexity index is 751. The number of fused-ring (bicyclic) bond motifs is 1. The minimum atomic E-state index is 0. The number of hydrogen-bond donors (Lipinski definition) is 2. The Morgan fingerprint density at radius 2 is 1.78 bits per heavy atom. The SMILES string of the molecule is CN=C(NCc1cccc2ccccc12)NCC(C)(C)N1CCOCC1.I. The summed E-state index contributed by atoms with van der Waals surface area (Å²) >= 11 is 0. The van der Waals surface area contributed by atoms with Gasteiger partial charge in [-0.15, -0.1) is 24.0 Å². The van der Waals surface area contributed by atoms with Gasteiger partial charge in [-0.1, -0.05) is 42.5 Å². The van der Waals surface area contributed by atoms with Gasteiger partial charge in [0.25, 0.3) is 0 Å². The van der Waals surface area contributed by atoms with Crippen LogP contribution in [0.1, 0.15) is 19.4 Å². The molecule has 0 radical (unpaired) electrons. The molecule has 3 rings (SSSR count). The van der Waals surface area contributed by atoms with Crippen molar-refractivity contribution in [2.75, 3.05) is 39.9 Å². The fraction of sp³-hybridized carbons (Fsp3) is 0.476. The zero-order valence-electron chi connectivity index (χ0n) is 16.5. The van der Waals surface area contributed by atoms with E-state index in [1.54, 1.807) is 0 Å². The van der Waals surface area contributed by atoms with Crippen LogP contribution in [-0.4, -0.2) is 56.3 Å². The van der Waals surface area contributed by atoms with Crippen molar-refractivity contribution < 1.29 is 4.74 Å². The predicted octanol–water partition coefficient (Wildman–Crippen LogP) is 3.23. The van der Waals surface area contributed by atoms with Crippen LogP contribution in [0.4, 0.5) is 0 Å². The van der Waals surface area contributed by atoms with E-state index < -0.39 is 0 Å². The minimum absolute atomic E-state index is 0. The molecule has 27 heavy (non-hydrogen) atoms. The summed E-state index contributed by atoms with van der Waals surface area (Å²) in [5.74, 6) is 0.833. The molecule has 2 aromatic rings. The lowest BCUT2D eigenvalue weighted by molar-refractivity contribution is -0.00834. The van der Waals surface area contributed by atoms with Gasteiger partial charge in [-0.2, -0.15) is 0 Å². The molecule has 0 unspecified atom stereocenters. The normalized spacial score (nSPS) is 16.0. The quantitative estimate of drug-likeness (QED) is 0.391. The standard InChI is InChI=1S/C21H30N4O.HI/c1-21(2,25-11-13-26-14-12-25)16-24-20(22-3)23-15-18-9-6-8-17-7-4-5-10-19(17)18;/h4-10H,11-16H2,1-3H3,(H2,22,23,24);1H. The van der Waals surface area contributed by atoms with Crippen LogP contribution in [0.15, 0.2) is 47.5 Å². The van der Waals surface area contributed by atoms with E-state index in [4.69, 9.17) is 4.74 Å². The Labute approximate surface area is 179 Å². The number of nitrogens with one attached hydrogen (secondary N) is 2. The number of ether oxygens (including phenoxy) is 1. The summed E-state index contributed by atoms with van der Waals surface area (Å²) in [4.78, 5) is 6.86. The lowest BCUT2D eigenvalue weighted by Gasteiger charge is -2.41. The van der Waals surface area contributed by atoms with Gasteiger partial charge in [0.15, 0.2) is 5.96 Å². The number of aliphatic imine (C=N–C) groups is 1. The summed E-state index contributed by atoms with van der Waals surface area (Å²) in [6.07, 6.45) is 0. The zero-order valence-corrected chi connectivity index (χ0v) is 18.8. The predicted molar refractivity (Wildman–Crippen MR) is 124 cm³/mol. The number of benzene rings is 2. The molecule has 0 aromatic heterocycles. The summed E-state index contributed by atoms with van der Waals surface area (Å²) in [7, 11) is 1.82. The van der Waals surface area contributed by atoms with Crippen molar-refractivity contribution in [3.8, 4) is 0 Å². The van der Waals surface area contributed by atoms with Crippen LogP contribution in [0.5, 0.6) is 0 Å². The van der Waals surface area contributed by atoms with Crippen molar-refractivity contribution in [3.63, 3.8) is 0 Å². The Hall–Kier alpha value is -1.38.